The first-order valence-corrected chi connectivity index (χ1v) is 9.73. The van der Waals surface area contributed by atoms with Crippen molar-refractivity contribution in [3.8, 4) is 0 Å². The zero-order chi connectivity index (χ0) is 18.1. The van der Waals surface area contributed by atoms with E-state index >= 15 is 0 Å². The highest BCUT2D eigenvalue weighted by Crippen LogP contribution is 2.26. The molecule has 1 aromatic heterocycles. The van der Waals surface area contributed by atoms with Crippen LogP contribution in [0.25, 0.3) is 0 Å². The molecule has 2 aromatic rings. The molecule has 2 heterocycles. The van der Waals surface area contributed by atoms with E-state index in [-0.39, 0.29) is 5.91 Å². The summed E-state index contributed by atoms with van der Waals surface area (Å²) in [6, 6.07) is 10.6. The molecule has 0 N–H and O–H groups in total. The Morgan fingerprint density at radius 1 is 1.23 bits per heavy atom. The van der Waals surface area contributed by atoms with Gasteiger partial charge >= 0.3 is 0 Å². The van der Waals surface area contributed by atoms with Crippen LogP contribution in [0, 0.1) is 5.92 Å². The van der Waals surface area contributed by atoms with Crippen molar-refractivity contribution in [2.45, 2.75) is 32.1 Å². The Labute approximate surface area is 155 Å². The molecule has 1 aliphatic carbocycles. The van der Waals surface area contributed by atoms with Crippen molar-refractivity contribution in [2.75, 3.05) is 31.6 Å². The Balaban J connectivity index is 1.42. The summed E-state index contributed by atoms with van der Waals surface area (Å²) in [5.74, 6) is 0.648. The third kappa shape index (κ3) is 3.22. The van der Waals surface area contributed by atoms with Crippen LogP contribution in [0.5, 0.6) is 0 Å². The summed E-state index contributed by atoms with van der Waals surface area (Å²) in [6.45, 7) is 2.89. The van der Waals surface area contributed by atoms with Gasteiger partial charge in [-0.1, -0.05) is 18.2 Å². The van der Waals surface area contributed by atoms with Crippen LogP contribution in [0.2, 0.25) is 0 Å². The van der Waals surface area contributed by atoms with E-state index < -0.39 is 0 Å². The van der Waals surface area contributed by atoms with Crippen LogP contribution in [-0.4, -0.2) is 47.3 Å². The number of fused-ring (bicyclic) bond motifs is 1. The molecular formula is C21H28N4O. The number of carbonyl (C=O) groups is 1. The van der Waals surface area contributed by atoms with Gasteiger partial charge in [0, 0.05) is 45.0 Å². The molecule has 1 aliphatic heterocycles. The number of carbonyl (C=O) groups excluding carboxylic acids is 1. The summed E-state index contributed by atoms with van der Waals surface area (Å²) < 4.78 is 1.81. The minimum Gasteiger partial charge on any atom is -0.371 e. The molecule has 1 aromatic carbocycles. The maximum Gasteiger partial charge on any atom is 0.272 e. The lowest BCUT2D eigenvalue weighted by atomic mass is 9.95. The van der Waals surface area contributed by atoms with E-state index in [0.29, 0.717) is 5.92 Å². The summed E-state index contributed by atoms with van der Waals surface area (Å²) in [5.41, 5.74) is 4.41. The number of aromatic nitrogens is 2. The molecule has 1 atom stereocenters. The van der Waals surface area contributed by atoms with Crippen LogP contribution < -0.4 is 4.90 Å². The summed E-state index contributed by atoms with van der Waals surface area (Å²) in [4.78, 5) is 17.4. The van der Waals surface area contributed by atoms with E-state index in [4.69, 9.17) is 0 Å². The molecule has 26 heavy (non-hydrogen) atoms. The van der Waals surface area contributed by atoms with Crippen molar-refractivity contribution in [2.24, 2.45) is 13.0 Å². The second kappa shape index (κ2) is 7.14. The number of anilines is 1. The monoisotopic (exact) mass is 352 g/mol. The minimum atomic E-state index is 0.126. The smallest absolute Gasteiger partial charge is 0.272 e. The van der Waals surface area contributed by atoms with Gasteiger partial charge in [0.2, 0.25) is 0 Å². The van der Waals surface area contributed by atoms with Gasteiger partial charge < -0.3 is 9.80 Å². The Hall–Kier alpha value is -2.30. The molecule has 5 heteroatoms. The highest BCUT2D eigenvalue weighted by Gasteiger charge is 2.29. The first-order chi connectivity index (χ1) is 12.6. The zero-order valence-corrected chi connectivity index (χ0v) is 15.8. The topological polar surface area (TPSA) is 41.4 Å². The first-order valence-electron chi connectivity index (χ1n) is 9.73. The van der Waals surface area contributed by atoms with E-state index in [0.717, 1.165) is 56.7 Å². The van der Waals surface area contributed by atoms with Crippen molar-refractivity contribution < 1.29 is 4.79 Å². The van der Waals surface area contributed by atoms with Gasteiger partial charge in [0.15, 0.2) is 0 Å². The van der Waals surface area contributed by atoms with Crippen LogP contribution in [0.4, 0.5) is 5.69 Å². The summed E-state index contributed by atoms with van der Waals surface area (Å²) in [6.07, 6.45) is 5.48. The fourth-order valence-electron chi connectivity index (χ4n) is 4.45. The van der Waals surface area contributed by atoms with Crippen molar-refractivity contribution >= 4 is 11.6 Å². The van der Waals surface area contributed by atoms with E-state index in [1.54, 1.807) is 4.68 Å². The predicted octanol–water partition coefficient (Wildman–Crippen LogP) is 2.90. The average Bonchev–Trinajstić information content (AvgIpc) is 3.25. The normalized spacial score (nSPS) is 19.5. The van der Waals surface area contributed by atoms with Crippen molar-refractivity contribution in [1.82, 2.24) is 14.7 Å². The third-order valence-corrected chi connectivity index (χ3v) is 5.81. The van der Waals surface area contributed by atoms with Crippen LogP contribution in [0.3, 0.4) is 0 Å². The lowest BCUT2D eigenvalue weighted by Crippen LogP contribution is -2.34. The van der Waals surface area contributed by atoms with Gasteiger partial charge in [-0.2, -0.15) is 5.10 Å². The van der Waals surface area contributed by atoms with E-state index in [1.165, 1.54) is 17.7 Å². The van der Waals surface area contributed by atoms with Crippen molar-refractivity contribution in [1.29, 1.82) is 0 Å². The largest absolute Gasteiger partial charge is 0.371 e. The molecule has 5 nitrogen and oxygen atoms in total. The molecule has 1 amide bonds. The van der Waals surface area contributed by atoms with Gasteiger partial charge in [0.05, 0.1) is 5.69 Å². The second-order valence-corrected chi connectivity index (χ2v) is 7.73. The van der Waals surface area contributed by atoms with Crippen molar-refractivity contribution in [3.05, 3.63) is 47.3 Å². The van der Waals surface area contributed by atoms with E-state index in [2.05, 4.69) is 40.3 Å². The fraction of sp³-hybridized carbons (Fsp3) is 0.524. The minimum absolute atomic E-state index is 0.126. The van der Waals surface area contributed by atoms with Crippen LogP contribution in [0.15, 0.2) is 30.3 Å². The number of para-hydroxylation sites is 1. The molecule has 0 unspecified atom stereocenters. The Kier molecular flexibility index (Phi) is 4.70. The van der Waals surface area contributed by atoms with Gasteiger partial charge in [-0.05, 0) is 50.2 Å². The highest BCUT2D eigenvalue weighted by molar-refractivity contribution is 5.94. The molecule has 0 saturated carbocycles. The number of rotatable bonds is 4. The number of hydrogen-bond acceptors (Lipinski definition) is 3. The second-order valence-electron chi connectivity index (χ2n) is 7.73. The maximum atomic E-state index is 13.1. The molecule has 0 bridgehead atoms. The standard InChI is InChI=1S/C21H28N4O/c1-23(14-16-12-13-25(15-16)17-8-4-3-5-9-17)21(26)20-18-10-6-7-11-19(18)22-24(20)2/h3-5,8-9,16H,6-7,10-15H2,1-2H3/t16-/m1/s1. The Bertz CT molecular complexity index is 783. The Morgan fingerprint density at radius 2 is 2.00 bits per heavy atom. The summed E-state index contributed by atoms with van der Waals surface area (Å²) in [5, 5.41) is 4.60. The van der Waals surface area contributed by atoms with Gasteiger partial charge in [-0.25, -0.2) is 0 Å². The van der Waals surface area contributed by atoms with Gasteiger partial charge in [0.1, 0.15) is 5.69 Å². The number of aryl methyl sites for hydroxylation is 2. The molecule has 138 valence electrons. The molecule has 1 fully saturated rings. The van der Waals surface area contributed by atoms with Gasteiger partial charge in [-0.3, -0.25) is 9.48 Å². The third-order valence-electron chi connectivity index (χ3n) is 5.81. The predicted molar refractivity (Wildman–Crippen MR) is 104 cm³/mol. The molecule has 4 rings (SSSR count). The van der Waals surface area contributed by atoms with Crippen LogP contribution in [0.1, 0.15) is 41.0 Å². The molecule has 0 radical (unpaired) electrons. The average molecular weight is 352 g/mol. The van der Waals surface area contributed by atoms with Gasteiger partial charge in [0.25, 0.3) is 5.91 Å². The van der Waals surface area contributed by atoms with Crippen LogP contribution in [-0.2, 0) is 19.9 Å². The fourth-order valence-corrected chi connectivity index (χ4v) is 4.45. The zero-order valence-electron chi connectivity index (χ0n) is 15.8. The lowest BCUT2D eigenvalue weighted by Gasteiger charge is -2.23. The molecule has 0 spiro atoms. The first kappa shape index (κ1) is 17.1. The number of nitrogens with zero attached hydrogens (tertiary/aromatic N) is 4. The van der Waals surface area contributed by atoms with Crippen molar-refractivity contribution in [3.63, 3.8) is 0 Å². The quantitative estimate of drug-likeness (QED) is 0.850. The number of hydrogen-bond donors (Lipinski definition) is 0. The van der Waals surface area contributed by atoms with E-state index in [1.807, 2.05) is 19.0 Å². The maximum absolute atomic E-state index is 13.1. The SMILES string of the molecule is CN(C[C@H]1CCN(c2ccccc2)C1)C(=O)c1c2c(nn1C)CCCC2. The number of benzene rings is 1. The molecular weight excluding hydrogens is 324 g/mol. The summed E-state index contributed by atoms with van der Waals surface area (Å²) >= 11 is 0. The molecule has 1 saturated heterocycles. The number of amides is 1. The highest BCUT2D eigenvalue weighted by atomic mass is 16.2. The summed E-state index contributed by atoms with van der Waals surface area (Å²) in [7, 11) is 3.85. The Morgan fingerprint density at radius 3 is 2.81 bits per heavy atom. The molecule has 2 aliphatic rings. The lowest BCUT2D eigenvalue weighted by molar-refractivity contribution is 0.0764. The van der Waals surface area contributed by atoms with Gasteiger partial charge in [-0.15, -0.1) is 0 Å². The van der Waals surface area contributed by atoms with E-state index in [9.17, 15) is 4.79 Å². The van der Waals surface area contributed by atoms with Crippen LogP contribution >= 0.6 is 0 Å².